The van der Waals surface area contributed by atoms with E-state index in [0.29, 0.717) is 18.7 Å². The molecule has 0 fully saturated rings. The molecular formula is C14H17NO. The predicted molar refractivity (Wildman–Crippen MR) is 66.3 cm³/mol. The number of hydrogen-bond donors (Lipinski definition) is 0. The molecule has 0 saturated carbocycles. The maximum atomic E-state index is 12.1. The van der Waals surface area contributed by atoms with Gasteiger partial charge in [-0.25, -0.2) is 0 Å². The highest BCUT2D eigenvalue weighted by Crippen LogP contribution is 2.11. The van der Waals surface area contributed by atoms with Gasteiger partial charge in [-0.05, 0) is 44.0 Å². The number of hydrogen-bond acceptors (Lipinski definition) is 1. The molecule has 84 valence electrons. The highest BCUT2D eigenvalue weighted by molar-refractivity contribution is 5.94. The van der Waals surface area contributed by atoms with Gasteiger partial charge < -0.3 is 4.90 Å². The van der Waals surface area contributed by atoms with Crippen molar-refractivity contribution in [2.24, 2.45) is 0 Å². The van der Waals surface area contributed by atoms with Gasteiger partial charge in [-0.1, -0.05) is 12.0 Å². The van der Waals surface area contributed by atoms with Crippen molar-refractivity contribution in [2.45, 2.75) is 20.8 Å². The number of nitrogens with zero attached hydrogens (tertiary/aromatic N) is 1. The Bertz CT molecular complexity index is 429. The van der Waals surface area contributed by atoms with Crippen LogP contribution in [0.1, 0.15) is 28.4 Å². The molecule has 0 atom stereocenters. The molecule has 0 aliphatic rings. The van der Waals surface area contributed by atoms with E-state index in [0.717, 1.165) is 5.56 Å². The van der Waals surface area contributed by atoms with Gasteiger partial charge in [0.05, 0.1) is 6.54 Å². The summed E-state index contributed by atoms with van der Waals surface area (Å²) in [7, 11) is 0. The zero-order valence-electron chi connectivity index (χ0n) is 10.1. The molecule has 0 unspecified atom stereocenters. The Kier molecular flexibility index (Phi) is 4.13. The van der Waals surface area contributed by atoms with Crippen LogP contribution in [0.3, 0.4) is 0 Å². The van der Waals surface area contributed by atoms with Gasteiger partial charge in [-0.2, -0.15) is 0 Å². The third kappa shape index (κ3) is 2.64. The van der Waals surface area contributed by atoms with E-state index in [1.807, 2.05) is 39.0 Å². The average molecular weight is 215 g/mol. The second kappa shape index (κ2) is 5.37. The fourth-order valence-corrected chi connectivity index (χ4v) is 1.49. The maximum absolute atomic E-state index is 12.1. The monoisotopic (exact) mass is 215 g/mol. The third-order valence-electron chi connectivity index (χ3n) is 2.70. The van der Waals surface area contributed by atoms with Gasteiger partial charge in [0.1, 0.15) is 0 Å². The third-order valence-corrected chi connectivity index (χ3v) is 2.70. The number of aryl methyl sites for hydroxylation is 2. The maximum Gasteiger partial charge on any atom is 0.254 e. The van der Waals surface area contributed by atoms with E-state index in [1.165, 1.54) is 5.56 Å². The van der Waals surface area contributed by atoms with E-state index < -0.39 is 0 Å². The van der Waals surface area contributed by atoms with Crippen LogP contribution in [0.5, 0.6) is 0 Å². The summed E-state index contributed by atoms with van der Waals surface area (Å²) in [6, 6.07) is 5.73. The SMILES string of the molecule is C#CCN(CC)C(=O)c1ccc(C)c(C)c1. The van der Waals surface area contributed by atoms with Gasteiger partial charge >= 0.3 is 0 Å². The topological polar surface area (TPSA) is 20.3 Å². The Hall–Kier alpha value is -1.75. The molecule has 1 rings (SSSR count). The lowest BCUT2D eigenvalue weighted by atomic mass is 10.1. The molecule has 2 heteroatoms. The van der Waals surface area contributed by atoms with Crippen molar-refractivity contribution in [3.8, 4) is 12.3 Å². The summed E-state index contributed by atoms with van der Waals surface area (Å²) < 4.78 is 0. The molecule has 0 heterocycles. The van der Waals surface area contributed by atoms with Gasteiger partial charge in [-0.3, -0.25) is 4.79 Å². The zero-order chi connectivity index (χ0) is 12.1. The van der Waals surface area contributed by atoms with Gasteiger partial charge in [0.25, 0.3) is 5.91 Å². The molecule has 2 nitrogen and oxygen atoms in total. The van der Waals surface area contributed by atoms with Crippen LogP contribution < -0.4 is 0 Å². The summed E-state index contributed by atoms with van der Waals surface area (Å²) in [4.78, 5) is 13.7. The van der Waals surface area contributed by atoms with Crippen LogP contribution in [0, 0.1) is 26.2 Å². The molecule has 1 aromatic rings. The lowest BCUT2D eigenvalue weighted by Gasteiger charge is -2.18. The number of carbonyl (C=O) groups excluding carboxylic acids is 1. The van der Waals surface area contributed by atoms with Gasteiger partial charge in [0.15, 0.2) is 0 Å². The molecule has 0 aliphatic carbocycles. The number of amides is 1. The van der Waals surface area contributed by atoms with Crippen molar-refractivity contribution in [3.63, 3.8) is 0 Å². The fourth-order valence-electron chi connectivity index (χ4n) is 1.49. The second-order valence-corrected chi connectivity index (χ2v) is 3.82. The molecule has 0 bridgehead atoms. The first-order chi connectivity index (χ1) is 7.60. The fraction of sp³-hybridized carbons (Fsp3) is 0.357. The normalized spacial score (nSPS) is 9.62. The number of benzene rings is 1. The second-order valence-electron chi connectivity index (χ2n) is 3.82. The zero-order valence-corrected chi connectivity index (χ0v) is 10.1. The first-order valence-electron chi connectivity index (χ1n) is 5.40. The minimum absolute atomic E-state index is 0.00329. The van der Waals surface area contributed by atoms with Crippen LogP contribution in [-0.4, -0.2) is 23.9 Å². The van der Waals surface area contributed by atoms with Crippen LogP contribution in [0.2, 0.25) is 0 Å². The van der Waals surface area contributed by atoms with Gasteiger partial charge in [0.2, 0.25) is 0 Å². The molecule has 0 saturated heterocycles. The largest absolute Gasteiger partial charge is 0.328 e. The van der Waals surface area contributed by atoms with Gasteiger partial charge in [0, 0.05) is 12.1 Å². The minimum Gasteiger partial charge on any atom is -0.328 e. The van der Waals surface area contributed by atoms with Crippen molar-refractivity contribution >= 4 is 5.91 Å². The number of carbonyl (C=O) groups is 1. The molecule has 0 spiro atoms. The first kappa shape index (κ1) is 12.3. The van der Waals surface area contributed by atoms with Gasteiger partial charge in [-0.15, -0.1) is 6.42 Å². The summed E-state index contributed by atoms with van der Waals surface area (Å²) in [6.07, 6.45) is 5.23. The van der Waals surface area contributed by atoms with E-state index in [2.05, 4.69) is 5.92 Å². The average Bonchev–Trinajstić information content (AvgIpc) is 2.28. The standard InChI is InChI=1S/C14H17NO/c1-5-9-15(6-2)14(16)13-8-7-11(3)12(4)10-13/h1,7-8,10H,6,9H2,2-4H3. The Morgan fingerprint density at radius 2 is 2.06 bits per heavy atom. The summed E-state index contributed by atoms with van der Waals surface area (Å²) in [5, 5.41) is 0. The van der Waals surface area contributed by atoms with E-state index in [4.69, 9.17) is 6.42 Å². The number of rotatable bonds is 3. The molecule has 0 N–H and O–H groups in total. The van der Waals surface area contributed by atoms with E-state index in [9.17, 15) is 4.79 Å². The van der Waals surface area contributed by atoms with Crippen LogP contribution >= 0.6 is 0 Å². The smallest absolute Gasteiger partial charge is 0.254 e. The molecule has 1 amide bonds. The Balaban J connectivity index is 2.95. The van der Waals surface area contributed by atoms with E-state index in [-0.39, 0.29) is 5.91 Å². The minimum atomic E-state index is 0.00329. The summed E-state index contributed by atoms with van der Waals surface area (Å²) in [5.41, 5.74) is 3.03. The predicted octanol–water partition coefficient (Wildman–Crippen LogP) is 2.40. The van der Waals surface area contributed by atoms with Crippen molar-refractivity contribution in [3.05, 3.63) is 34.9 Å². The number of terminal acetylenes is 1. The van der Waals surface area contributed by atoms with E-state index >= 15 is 0 Å². The lowest BCUT2D eigenvalue weighted by molar-refractivity contribution is 0.0785. The van der Waals surface area contributed by atoms with E-state index in [1.54, 1.807) is 4.90 Å². The molecule has 0 radical (unpaired) electrons. The Labute approximate surface area is 97.3 Å². The van der Waals surface area contributed by atoms with Crippen molar-refractivity contribution in [1.29, 1.82) is 0 Å². The molecular weight excluding hydrogens is 198 g/mol. The quantitative estimate of drug-likeness (QED) is 0.709. The van der Waals surface area contributed by atoms with Crippen LogP contribution in [0.25, 0.3) is 0 Å². The summed E-state index contributed by atoms with van der Waals surface area (Å²) >= 11 is 0. The molecule has 0 aromatic heterocycles. The molecule has 16 heavy (non-hydrogen) atoms. The highest BCUT2D eigenvalue weighted by atomic mass is 16.2. The van der Waals surface area contributed by atoms with Crippen LogP contribution in [0.15, 0.2) is 18.2 Å². The highest BCUT2D eigenvalue weighted by Gasteiger charge is 2.13. The Morgan fingerprint density at radius 3 is 2.56 bits per heavy atom. The van der Waals surface area contributed by atoms with Crippen LogP contribution in [0.4, 0.5) is 0 Å². The summed E-state index contributed by atoms with van der Waals surface area (Å²) in [5.74, 6) is 2.50. The first-order valence-corrected chi connectivity index (χ1v) is 5.40. The lowest BCUT2D eigenvalue weighted by Crippen LogP contribution is -2.31. The molecule has 1 aromatic carbocycles. The van der Waals surface area contributed by atoms with Crippen molar-refractivity contribution in [1.82, 2.24) is 4.90 Å². The Morgan fingerprint density at radius 1 is 1.38 bits per heavy atom. The van der Waals surface area contributed by atoms with Crippen molar-refractivity contribution in [2.75, 3.05) is 13.1 Å². The molecule has 0 aliphatic heterocycles. The van der Waals surface area contributed by atoms with Crippen LogP contribution in [-0.2, 0) is 0 Å². The van der Waals surface area contributed by atoms with Crippen molar-refractivity contribution < 1.29 is 4.79 Å². The summed E-state index contributed by atoms with van der Waals surface area (Å²) in [6.45, 7) is 6.96.